The van der Waals surface area contributed by atoms with Crippen molar-refractivity contribution in [1.29, 1.82) is 0 Å². The Balaban J connectivity index is 1.31. The van der Waals surface area contributed by atoms with Crippen LogP contribution < -0.4 is 9.64 Å². The van der Waals surface area contributed by atoms with E-state index in [0.29, 0.717) is 12.2 Å². The van der Waals surface area contributed by atoms with E-state index in [1.54, 1.807) is 18.9 Å². The SMILES string of the molecule is COc1cccc(Cc2nsc(N3CCCN(C(=O)CSc4ccccc4)CC3)n2)c1. The second-order valence-corrected chi connectivity index (χ2v) is 9.12. The Morgan fingerprint density at radius 1 is 1.10 bits per heavy atom. The largest absolute Gasteiger partial charge is 0.497 e. The van der Waals surface area contributed by atoms with Crippen LogP contribution in [0.2, 0.25) is 0 Å². The number of rotatable bonds is 7. The molecule has 162 valence electrons. The lowest BCUT2D eigenvalue weighted by Gasteiger charge is -2.21. The third kappa shape index (κ3) is 5.98. The molecule has 1 fully saturated rings. The van der Waals surface area contributed by atoms with Gasteiger partial charge in [0.15, 0.2) is 0 Å². The Morgan fingerprint density at radius 3 is 2.81 bits per heavy atom. The van der Waals surface area contributed by atoms with Crippen LogP contribution >= 0.6 is 23.3 Å². The molecule has 6 nitrogen and oxygen atoms in total. The first kappa shape index (κ1) is 21.6. The van der Waals surface area contributed by atoms with Crippen molar-refractivity contribution in [2.75, 3.05) is 43.9 Å². The molecule has 1 aliphatic heterocycles. The van der Waals surface area contributed by atoms with Gasteiger partial charge in [-0.3, -0.25) is 4.79 Å². The Kier molecular flexibility index (Phi) is 7.43. The number of methoxy groups -OCH3 is 1. The minimum Gasteiger partial charge on any atom is -0.497 e. The van der Waals surface area contributed by atoms with Gasteiger partial charge >= 0.3 is 0 Å². The van der Waals surface area contributed by atoms with Gasteiger partial charge < -0.3 is 14.5 Å². The van der Waals surface area contributed by atoms with Gasteiger partial charge in [-0.2, -0.15) is 4.37 Å². The summed E-state index contributed by atoms with van der Waals surface area (Å²) in [6.07, 6.45) is 1.62. The lowest BCUT2D eigenvalue weighted by Crippen LogP contribution is -2.36. The maximum Gasteiger partial charge on any atom is 0.232 e. The second-order valence-electron chi connectivity index (χ2n) is 7.34. The lowest BCUT2D eigenvalue weighted by molar-refractivity contribution is -0.128. The van der Waals surface area contributed by atoms with Crippen molar-refractivity contribution >= 4 is 34.3 Å². The van der Waals surface area contributed by atoms with E-state index in [4.69, 9.17) is 9.72 Å². The van der Waals surface area contributed by atoms with Crippen molar-refractivity contribution < 1.29 is 9.53 Å². The molecule has 0 bridgehead atoms. The summed E-state index contributed by atoms with van der Waals surface area (Å²) in [4.78, 5) is 22.8. The Morgan fingerprint density at radius 2 is 1.97 bits per heavy atom. The summed E-state index contributed by atoms with van der Waals surface area (Å²) in [5.74, 6) is 2.35. The van der Waals surface area contributed by atoms with E-state index in [-0.39, 0.29) is 5.91 Å². The Labute approximate surface area is 191 Å². The van der Waals surface area contributed by atoms with Crippen molar-refractivity contribution in [2.45, 2.75) is 17.7 Å². The molecule has 1 saturated heterocycles. The van der Waals surface area contributed by atoms with Crippen LogP contribution in [0.25, 0.3) is 0 Å². The highest BCUT2D eigenvalue weighted by Crippen LogP contribution is 2.23. The normalized spacial score (nSPS) is 14.4. The number of benzene rings is 2. The fourth-order valence-electron chi connectivity index (χ4n) is 3.52. The zero-order valence-corrected chi connectivity index (χ0v) is 19.2. The third-order valence-corrected chi connectivity index (χ3v) is 6.99. The molecule has 0 saturated carbocycles. The highest BCUT2D eigenvalue weighted by atomic mass is 32.2. The topological polar surface area (TPSA) is 58.6 Å². The first-order valence-corrected chi connectivity index (χ1v) is 12.1. The number of aromatic nitrogens is 2. The van der Waals surface area contributed by atoms with Gasteiger partial charge in [-0.05, 0) is 36.2 Å². The van der Waals surface area contributed by atoms with Crippen LogP contribution in [0.5, 0.6) is 5.75 Å². The quantitative estimate of drug-likeness (QED) is 0.504. The summed E-state index contributed by atoms with van der Waals surface area (Å²) in [5.41, 5.74) is 1.13. The van der Waals surface area contributed by atoms with Crippen molar-refractivity contribution in [1.82, 2.24) is 14.3 Å². The Hall–Kier alpha value is -2.58. The van der Waals surface area contributed by atoms with Crippen LogP contribution in [-0.2, 0) is 11.2 Å². The third-order valence-electron chi connectivity index (χ3n) is 5.18. The standard InChI is InChI=1S/C23H26N4O2S2/c1-29-19-8-5-7-18(15-19)16-21-24-23(31-25-21)27-12-6-11-26(13-14-27)22(28)17-30-20-9-3-2-4-10-20/h2-5,7-10,15H,6,11-14,16-17H2,1H3. The molecule has 31 heavy (non-hydrogen) atoms. The number of anilines is 1. The highest BCUT2D eigenvalue weighted by Gasteiger charge is 2.21. The van der Waals surface area contributed by atoms with Crippen LogP contribution in [0.3, 0.4) is 0 Å². The molecular formula is C23H26N4O2S2. The van der Waals surface area contributed by atoms with E-state index in [0.717, 1.165) is 59.8 Å². The van der Waals surface area contributed by atoms with Gasteiger partial charge in [0.2, 0.25) is 11.0 Å². The first-order chi connectivity index (χ1) is 15.2. The fourth-order valence-corrected chi connectivity index (χ4v) is 5.08. The smallest absolute Gasteiger partial charge is 0.232 e. The molecule has 3 aromatic rings. The molecule has 4 rings (SSSR count). The van der Waals surface area contributed by atoms with Crippen LogP contribution in [0.15, 0.2) is 59.5 Å². The minimum atomic E-state index is 0.201. The van der Waals surface area contributed by atoms with Crippen molar-refractivity contribution in [2.24, 2.45) is 0 Å². The summed E-state index contributed by atoms with van der Waals surface area (Å²) in [5, 5.41) is 0.936. The number of carbonyl (C=O) groups excluding carboxylic acids is 1. The summed E-state index contributed by atoms with van der Waals surface area (Å²) in [6.45, 7) is 3.19. The van der Waals surface area contributed by atoms with Gasteiger partial charge in [-0.1, -0.05) is 30.3 Å². The predicted molar refractivity (Wildman–Crippen MR) is 126 cm³/mol. The number of hydrogen-bond donors (Lipinski definition) is 0. The second kappa shape index (κ2) is 10.6. The van der Waals surface area contributed by atoms with E-state index in [2.05, 4.69) is 15.3 Å². The molecule has 0 spiro atoms. The minimum absolute atomic E-state index is 0.201. The molecule has 2 aromatic carbocycles. The molecule has 0 atom stereocenters. The van der Waals surface area contributed by atoms with Gasteiger partial charge in [0.1, 0.15) is 11.6 Å². The number of amides is 1. The van der Waals surface area contributed by atoms with Crippen molar-refractivity contribution in [3.05, 3.63) is 66.0 Å². The predicted octanol–water partition coefficient (Wildman–Crippen LogP) is 3.97. The Bertz CT molecular complexity index is 996. The fraction of sp³-hybridized carbons (Fsp3) is 0.348. The highest BCUT2D eigenvalue weighted by molar-refractivity contribution is 8.00. The number of ether oxygens (including phenoxy) is 1. The van der Waals surface area contributed by atoms with Gasteiger partial charge in [0.05, 0.1) is 12.9 Å². The molecule has 1 amide bonds. The molecule has 1 aliphatic rings. The van der Waals surface area contributed by atoms with Crippen molar-refractivity contribution in [3.8, 4) is 5.75 Å². The van der Waals surface area contributed by atoms with E-state index < -0.39 is 0 Å². The van der Waals surface area contributed by atoms with E-state index in [1.807, 2.05) is 53.4 Å². The summed E-state index contributed by atoms with van der Waals surface area (Å²) in [6, 6.07) is 18.1. The van der Waals surface area contributed by atoms with Crippen molar-refractivity contribution in [3.63, 3.8) is 0 Å². The van der Waals surface area contributed by atoms with E-state index in [9.17, 15) is 4.79 Å². The maximum atomic E-state index is 12.7. The van der Waals surface area contributed by atoms with Crippen LogP contribution in [0, 0.1) is 0 Å². The molecule has 2 heterocycles. The monoisotopic (exact) mass is 454 g/mol. The maximum absolute atomic E-state index is 12.7. The molecule has 0 N–H and O–H groups in total. The molecule has 0 aliphatic carbocycles. The first-order valence-electron chi connectivity index (χ1n) is 10.4. The van der Waals surface area contributed by atoms with E-state index >= 15 is 0 Å². The van der Waals surface area contributed by atoms with Crippen LogP contribution in [0.1, 0.15) is 17.8 Å². The van der Waals surface area contributed by atoms with Gasteiger partial charge in [-0.25, -0.2) is 4.98 Å². The number of nitrogens with zero attached hydrogens (tertiary/aromatic N) is 4. The summed E-state index contributed by atoms with van der Waals surface area (Å²) in [7, 11) is 1.67. The average Bonchev–Trinajstić information content (AvgIpc) is 3.12. The molecular weight excluding hydrogens is 428 g/mol. The summed E-state index contributed by atoms with van der Waals surface area (Å²) >= 11 is 3.04. The van der Waals surface area contributed by atoms with Gasteiger partial charge in [0, 0.05) is 49.0 Å². The summed E-state index contributed by atoms with van der Waals surface area (Å²) < 4.78 is 9.85. The van der Waals surface area contributed by atoms with Crippen LogP contribution in [0.4, 0.5) is 5.13 Å². The number of thioether (sulfide) groups is 1. The van der Waals surface area contributed by atoms with E-state index in [1.165, 1.54) is 11.5 Å². The zero-order chi connectivity index (χ0) is 21.5. The average molecular weight is 455 g/mol. The lowest BCUT2D eigenvalue weighted by atomic mass is 10.1. The van der Waals surface area contributed by atoms with Gasteiger partial charge in [0.25, 0.3) is 0 Å². The zero-order valence-electron chi connectivity index (χ0n) is 17.6. The molecule has 0 unspecified atom stereocenters. The molecule has 1 aromatic heterocycles. The molecule has 0 radical (unpaired) electrons. The molecule has 8 heteroatoms. The van der Waals surface area contributed by atoms with Crippen LogP contribution in [-0.4, -0.2) is 59.2 Å². The van der Waals surface area contributed by atoms with Gasteiger partial charge in [-0.15, -0.1) is 11.8 Å². The number of carbonyl (C=O) groups is 1. The number of hydrogen-bond acceptors (Lipinski definition) is 7.